The van der Waals surface area contributed by atoms with Gasteiger partial charge in [-0.2, -0.15) is 0 Å². The molecule has 1 aliphatic carbocycles. The average Bonchev–Trinajstić information content (AvgIpc) is 2.95. The lowest BCUT2D eigenvalue weighted by atomic mass is 9.74. The molecule has 2 heterocycles. The van der Waals surface area contributed by atoms with Gasteiger partial charge >= 0.3 is 0 Å². The van der Waals surface area contributed by atoms with Gasteiger partial charge in [0.15, 0.2) is 0 Å². The summed E-state index contributed by atoms with van der Waals surface area (Å²) in [5.74, 6) is 0.633. The molecule has 0 saturated carbocycles. The van der Waals surface area contributed by atoms with Crippen molar-refractivity contribution in [1.82, 2.24) is 9.71 Å². The molecule has 0 saturated heterocycles. The van der Waals surface area contributed by atoms with Gasteiger partial charge in [-0.3, -0.25) is 4.72 Å². The van der Waals surface area contributed by atoms with E-state index in [4.69, 9.17) is 4.98 Å². The van der Waals surface area contributed by atoms with Gasteiger partial charge in [-0.1, -0.05) is 39.2 Å². The Morgan fingerprint density at radius 1 is 1.50 bits per heavy atom. The number of aromatic nitrogens is 1. The van der Waals surface area contributed by atoms with Crippen molar-refractivity contribution < 1.29 is 0 Å². The molecule has 2 atom stereocenters. The lowest BCUT2D eigenvalue weighted by molar-refractivity contribution is 0.306. The molecule has 2 unspecified atom stereocenters. The zero-order valence-electron chi connectivity index (χ0n) is 12.3. The van der Waals surface area contributed by atoms with Crippen LogP contribution in [-0.2, 0) is 6.54 Å². The fraction of sp³-hybridized carbons (Fsp3) is 0.667. The Labute approximate surface area is 135 Å². The molecule has 0 amide bonds. The zero-order chi connectivity index (χ0) is 14.3. The number of nitrogens with one attached hydrogen (secondary N) is 1. The van der Waals surface area contributed by atoms with Crippen LogP contribution in [0, 0.1) is 11.3 Å². The van der Waals surface area contributed by atoms with Crippen LogP contribution in [0.4, 0.5) is 0 Å². The molecule has 20 heavy (non-hydrogen) atoms. The van der Waals surface area contributed by atoms with Crippen LogP contribution in [0.15, 0.2) is 15.9 Å². The molecule has 0 bridgehead atoms. The van der Waals surface area contributed by atoms with Crippen molar-refractivity contribution in [2.24, 2.45) is 11.3 Å². The highest BCUT2D eigenvalue weighted by Gasteiger charge is 2.39. The first kappa shape index (κ1) is 14.9. The summed E-state index contributed by atoms with van der Waals surface area (Å²) in [4.78, 5) is 6.44. The summed E-state index contributed by atoms with van der Waals surface area (Å²) in [7, 11) is 0. The molecule has 110 valence electrons. The maximum atomic E-state index is 4.79. The standard InChI is InChI=1S/C15H22N2S3/c1-9-10-6-15(2,3)5-4-12(10)20-14(9)11-8-19-13(17-11)7-16-18/h8-9,14,16,18H,4-7H2,1-3H3. The first-order valence-electron chi connectivity index (χ1n) is 7.20. The number of rotatable bonds is 3. The van der Waals surface area contributed by atoms with Gasteiger partial charge in [0.2, 0.25) is 0 Å². The second-order valence-electron chi connectivity index (χ2n) is 6.62. The second-order valence-corrected chi connectivity index (χ2v) is 9.11. The van der Waals surface area contributed by atoms with Gasteiger partial charge in [0.1, 0.15) is 5.01 Å². The van der Waals surface area contributed by atoms with Crippen molar-refractivity contribution in [3.05, 3.63) is 26.6 Å². The maximum Gasteiger partial charge on any atom is 0.108 e. The van der Waals surface area contributed by atoms with Crippen molar-refractivity contribution in [3.8, 4) is 0 Å². The molecule has 5 heteroatoms. The Balaban J connectivity index is 1.78. The van der Waals surface area contributed by atoms with Crippen LogP contribution < -0.4 is 4.72 Å². The first-order valence-corrected chi connectivity index (χ1v) is 9.41. The highest BCUT2D eigenvalue weighted by molar-refractivity contribution is 8.03. The van der Waals surface area contributed by atoms with Crippen LogP contribution >= 0.6 is 35.9 Å². The largest absolute Gasteiger partial charge is 0.260 e. The number of allylic oxidation sites excluding steroid dienone is 2. The minimum Gasteiger partial charge on any atom is -0.260 e. The monoisotopic (exact) mass is 326 g/mol. The first-order chi connectivity index (χ1) is 9.50. The molecule has 0 fully saturated rings. The van der Waals surface area contributed by atoms with Gasteiger partial charge in [0.05, 0.1) is 17.5 Å². The highest BCUT2D eigenvalue weighted by Crippen LogP contribution is 2.58. The minimum absolute atomic E-state index is 0.478. The number of thiazole rings is 1. The molecule has 0 radical (unpaired) electrons. The lowest BCUT2D eigenvalue weighted by Crippen LogP contribution is -2.19. The van der Waals surface area contributed by atoms with Crippen LogP contribution in [-0.4, -0.2) is 4.98 Å². The van der Waals surface area contributed by atoms with Crippen molar-refractivity contribution in [2.45, 2.75) is 51.8 Å². The van der Waals surface area contributed by atoms with Crippen molar-refractivity contribution >= 4 is 35.9 Å². The van der Waals surface area contributed by atoms with E-state index in [2.05, 4.69) is 55.5 Å². The predicted molar refractivity (Wildman–Crippen MR) is 92.1 cm³/mol. The van der Waals surface area contributed by atoms with Gasteiger partial charge in [-0.05, 0) is 35.5 Å². The van der Waals surface area contributed by atoms with E-state index in [0.717, 1.165) is 11.6 Å². The minimum atomic E-state index is 0.478. The summed E-state index contributed by atoms with van der Waals surface area (Å²) in [6, 6.07) is 0. The number of nitrogens with zero attached hydrogens (tertiary/aromatic N) is 1. The fourth-order valence-corrected chi connectivity index (χ4v) is 5.88. The van der Waals surface area contributed by atoms with Gasteiger partial charge in [-0.15, -0.1) is 23.1 Å². The fourth-order valence-electron chi connectivity index (χ4n) is 3.22. The van der Waals surface area contributed by atoms with Crippen molar-refractivity contribution in [1.29, 1.82) is 0 Å². The predicted octanol–water partition coefficient (Wildman–Crippen LogP) is 4.97. The molecule has 0 aromatic carbocycles. The highest BCUT2D eigenvalue weighted by atomic mass is 32.2. The summed E-state index contributed by atoms with van der Waals surface area (Å²) in [6.07, 6.45) is 3.86. The molecule has 2 aliphatic rings. The van der Waals surface area contributed by atoms with E-state index in [9.17, 15) is 0 Å². The third-order valence-corrected chi connectivity index (χ3v) is 7.10. The second kappa shape index (κ2) is 5.67. The number of thioether (sulfide) groups is 1. The molecule has 1 N–H and O–H groups in total. The summed E-state index contributed by atoms with van der Waals surface area (Å²) in [6.45, 7) is 7.94. The SMILES string of the molecule is CC1C2=C(CCC(C)(C)C2)SC1c1csc(CNS)n1. The summed E-state index contributed by atoms with van der Waals surface area (Å²) < 4.78 is 2.88. The average molecular weight is 327 g/mol. The Morgan fingerprint density at radius 2 is 2.30 bits per heavy atom. The smallest absolute Gasteiger partial charge is 0.108 e. The van der Waals surface area contributed by atoms with Crippen LogP contribution in [0.25, 0.3) is 0 Å². The molecule has 2 nitrogen and oxygen atoms in total. The topological polar surface area (TPSA) is 24.9 Å². The number of hydrogen-bond acceptors (Lipinski definition) is 5. The molecular weight excluding hydrogens is 304 g/mol. The van der Waals surface area contributed by atoms with Crippen LogP contribution in [0.3, 0.4) is 0 Å². The maximum absolute atomic E-state index is 4.79. The van der Waals surface area contributed by atoms with Crippen LogP contribution in [0.2, 0.25) is 0 Å². The number of thiol groups is 1. The molecule has 1 aliphatic heterocycles. The Bertz CT molecular complexity index is 533. The third kappa shape index (κ3) is 2.82. The van der Waals surface area contributed by atoms with E-state index in [1.165, 1.54) is 25.0 Å². The molecule has 0 spiro atoms. The number of hydrogen-bond donors (Lipinski definition) is 2. The summed E-state index contributed by atoms with van der Waals surface area (Å²) >= 11 is 7.87. The van der Waals surface area contributed by atoms with Crippen LogP contribution in [0.1, 0.15) is 56.0 Å². The molecular formula is C15H22N2S3. The quantitative estimate of drug-likeness (QED) is 0.768. The molecule has 1 aromatic rings. The van der Waals surface area contributed by atoms with E-state index < -0.39 is 0 Å². The van der Waals surface area contributed by atoms with Crippen LogP contribution in [0.5, 0.6) is 0 Å². The third-order valence-electron chi connectivity index (χ3n) is 4.42. The molecule has 1 aromatic heterocycles. The zero-order valence-corrected chi connectivity index (χ0v) is 14.8. The normalized spacial score (nSPS) is 28.8. The van der Waals surface area contributed by atoms with Gasteiger partial charge < -0.3 is 0 Å². The summed E-state index contributed by atoms with van der Waals surface area (Å²) in [5, 5.41) is 3.89. The van der Waals surface area contributed by atoms with E-state index >= 15 is 0 Å². The van der Waals surface area contributed by atoms with E-state index in [-0.39, 0.29) is 0 Å². The lowest BCUT2D eigenvalue weighted by Gasteiger charge is -2.31. The van der Waals surface area contributed by atoms with Gasteiger partial charge in [0, 0.05) is 5.38 Å². The summed E-state index contributed by atoms with van der Waals surface area (Å²) in [5.41, 5.74) is 3.45. The van der Waals surface area contributed by atoms with E-state index in [1.807, 2.05) is 0 Å². The van der Waals surface area contributed by atoms with Gasteiger partial charge in [0.25, 0.3) is 0 Å². The Hall–Kier alpha value is 0.0300. The van der Waals surface area contributed by atoms with Crippen molar-refractivity contribution in [3.63, 3.8) is 0 Å². The van der Waals surface area contributed by atoms with E-state index in [1.54, 1.807) is 21.8 Å². The van der Waals surface area contributed by atoms with E-state index in [0.29, 0.717) is 16.6 Å². The Kier molecular flexibility index (Phi) is 4.24. The Morgan fingerprint density at radius 3 is 3.05 bits per heavy atom. The molecule has 3 rings (SSSR count). The van der Waals surface area contributed by atoms with Gasteiger partial charge in [-0.25, -0.2) is 4.98 Å². The van der Waals surface area contributed by atoms with Crippen molar-refractivity contribution in [2.75, 3.05) is 0 Å².